The highest BCUT2D eigenvalue weighted by molar-refractivity contribution is 7.90. The van der Waals surface area contributed by atoms with Crippen LogP contribution in [0.5, 0.6) is 5.75 Å². The van der Waals surface area contributed by atoms with Gasteiger partial charge in [0.15, 0.2) is 5.75 Å². The van der Waals surface area contributed by atoms with Gasteiger partial charge < -0.3 is 28.8 Å². The van der Waals surface area contributed by atoms with Gasteiger partial charge in [0.1, 0.15) is 12.4 Å². The zero-order chi connectivity index (χ0) is 33.7. The van der Waals surface area contributed by atoms with Crippen LogP contribution < -0.4 is 15.0 Å². The second kappa shape index (κ2) is 17.9. The Balaban J connectivity index is 1.26. The van der Waals surface area contributed by atoms with E-state index in [-0.39, 0.29) is 5.91 Å². The van der Waals surface area contributed by atoms with Crippen molar-refractivity contribution in [1.29, 1.82) is 0 Å². The minimum atomic E-state index is -1.32. The zero-order valence-electron chi connectivity index (χ0n) is 28.3. The Hall–Kier alpha value is -4.12. The number of rotatable bonds is 17. The molecule has 0 radical (unpaired) electrons. The highest BCUT2D eigenvalue weighted by Crippen LogP contribution is 2.33. The minimum Gasteiger partial charge on any atom is -0.610 e. The third-order valence-corrected chi connectivity index (χ3v) is 9.50. The normalized spacial score (nSPS) is 13.4. The van der Waals surface area contributed by atoms with Crippen LogP contribution in [0.4, 0.5) is 11.4 Å². The van der Waals surface area contributed by atoms with Crippen molar-refractivity contribution in [3.8, 4) is 16.9 Å². The maximum absolute atomic E-state index is 13.6. The summed E-state index contributed by atoms with van der Waals surface area (Å²) in [5, 5.41) is 3.48. The average Bonchev–Trinajstić information content (AvgIpc) is 3.45. The van der Waals surface area contributed by atoms with Crippen LogP contribution in [0.15, 0.2) is 83.9 Å². The molecular weight excluding hydrogens is 623 g/mol. The maximum atomic E-state index is 13.6. The molecule has 254 valence electrons. The smallest absolute Gasteiger partial charge is 0.251 e. The van der Waals surface area contributed by atoms with E-state index in [9.17, 15) is 9.35 Å². The van der Waals surface area contributed by atoms with Crippen molar-refractivity contribution in [1.82, 2.24) is 14.5 Å². The molecule has 9 nitrogen and oxygen atoms in total. The lowest BCUT2D eigenvalue weighted by Crippen LogP contribution is -2.26. The lowest BCUT2D eigenvalue weighted by atomic mass is 10.00. The number of anilines is 2. The molecule has 10 heteroatoms. The highest BCUT2D eigenvalue weighted by Gasteiger charge is 2.21. The molecule has 0 aliphatic carbocycles. The molecular formula is C38H47N5O4S. The van der Waals surface area contributed by atoms with Crippen LogP contribution in [-0.2, 0) is 33.0 Å². The number of fused-ring (bicyclic) bond motifs is 1. The standard InChI is InChI=1S/C38H47N5O4S/c1-4-7-20-46-21-22-47-35-12-8-29(9-13-35)30-10-14-36-32(23-30)24-31(16-19-42(36)17-5-2)38(44)41-33-11-15-37(40-25-33)48(45)27-34-26-39-28-43(34)18-6-3/h8-15,23-26,28H,4-7,16-22,27H2,1-3H3,(H,41,44). The van der Waals surface area contributed by atoms with E-state index in [0.717, 1.165) is 85.7 Å². The summed E-state index contributed by atoms with van der Waals surface area (Å²) >= 11 is -1.32. The number of unbranched alkanes of at least 4 members (excludes halogenated alkanes) is 1. The molecule has 1 aliphatic rings. The van der Waals surface area contributed by atoms with Crippen molar-refractivity contribution in [2.75, 3.05) is 43.1 Å². The Bertz CT molecular complexity index is 1640. The van der Waals surface area contributed by atoms with E-state index in [0.29, 0.717) is 41.7 Å². The molecule has 0 saturated carbocycles. The number of aryl methyl sites for hydroxylation is 1. The molecule has 0 fully saturated rings. The molecule has 0 saturated heterocycles. The number of ether oxygens (including phenoxy) is 2. The number of imidazole rings is 1. The fourth-order valence-electron chi connectivity index (χ4n) is 5.68. The van der Waals surface area contributed by atoms with E-state index >= 15 is 0 Å². The predicted octanol–water partition coefficient (Wildman–Crippen LogP) is 7.50. The van der Waals surface area contributed by atoms with Gasteiger partial charge in [0.05, 0.1) is 36.7 Å². The monoisotopic (exact) mass is 669 g/mol. The zero-order valence-corrected chi connectivity index (χ0v) is 29.1. The number of nitrogens with zero attached hydrogens (tertiary/aromatic N) is 4. The van der Waals surface area contributed by atoms with E-state index in [2.05, 4.69) is 71.3 Å². The van der Waals surface area contributed by atoms with Gasteiger partial charge in [0.25, 0.3) is 5.91 Å². The van der Waals surface area contributed by atoms with Gasteiger partial charge in [0.2, 0.25) is 5.03 Å². The lowest BCUT2D eigenvalue weighted by molar-refractivity contribution is -0.112. The molecule has 4 aromatic rings. The summed E-state index contributed by atoms with van der Waals surface area (Å²) in [7, 11) is 0. The molecule has 5 rings (SSSR count). The summed E-state index contributed by atoms with van der Waals surface area (Å²) in [5.41, 5.74) is 6.47. The molecule has 2 aromatic carbocycles. The molecule has 2 aromatic heterocycles. The summed E-state index contributed by atoms with van der Waals surface area (Å²) < 4.78 is 26.5. The first-order chi connectivity index (χ1) is 23.5. The van der Waals surface area contributed by atoms with Crippen LogP contribution in [0, 0.1) is 0 Å². The molecule has 1 aliphatic heterocycles. The van der Waals surface area contributed by atoms with E-state index < -0.39 is 11.2 Å². The van der Waals surface area contributed by atoms with Gasteiger partial charge in [0, 0.05) is 54.7 Å². The molecule has 1 atom stereocenters. The highest BCUT2D eigenvalue weighted by atomic mass is 32.2. The second-order valence-corrected chi connectivity index (χ2v) is 13.3. The van der Waals surface area contributed by atoms with E-state index in [1.54, 1.807) is 30.9 Å². The summed E-state index contributed by atoms with van der Waals surface area (Å²) in [6.45, 7) is 10.8. The number of hydrogen-bond acceptors (Lipinski definition) is 7. The number of carbonyl (C=O) groups excluding carboxylic acids is 1. The van der Waals surface area contributed by atoms with Crippen LogP contribution in [0.3, 0.4) is 0 Å². The number of amides is 1. The Morgan fingerprint density at radius 2 is 1.75 bits per heavy atom. The van der Waals surface area contributed by atoms with E-state index in [1.165, 1.54) is 0 Å². The number of nitrogens with one attached hydrogen (secondary N) is 1. The van der Waals surface area contributed by atoms with Crippen LogP contribution in [0.1, 0.15) is 64.1 Å². The number of carbonyl (C=O) groups is 1. The topological polar surface area (TPSA) is 105 Å². The van der Waals surface area contributed by atoms with Crippen molar-refractivity contribution in [2.45, 2.75) is 70.2 Å². The third kappa shape index (κ3) is 9.49. The van der Waals surface area contributed by atoms with Gasteiger partial charge in [-0.2, -0.15) is 0 Å². The van der Waals surface area contributed by atoms with Crippen molar-refractivity contribution in [3.63, 3.8) is 0 Å². The fraction of sp³-hybridized carbons (Fsp3) is 0.395. The van der Waals surface area contributed by atoms with Crippen LogP contribution >= 0.6 is 0 Å². The first kappa shape index (κ1) is 35.2. The number of hydrogen-bond donors (Lipinski definition) is 1. The molecule has 48 heavy (non-hydrogen) atoms. The van der Waals surface area contributed by atoms with Crippen molar-refractivity contribution in [3.05, 3.63) is 90.1 Å². The van der Waals surface area contributed by atoms with Crippen molar-refractivity contribution >= 4 is 34.5 Å². The Labute approximate surface area is 287 Å². The first-order valence-electron chi connectivity index (χ1n) is 17.0. The largest absolute Gasteiger partial charge is 0.610 e. The molecule has 0 bridgehead atoms. The number of benzene rings is 2. The summed E-state index contributed by atoms with van der Waals surface area (Å²) in [5.74, 6) is 0.992. The van der Waals surface area contributed by atoms with Gasteiger partial charge in [-0.25, -0.2) is 9.97 Å². The average molecular weight is 670 g/mol. The van der Waals surface area contributed by atoms with E-state index in [1.807, 2.05) is 22.8 Å². The summed E-state index contributed by atoms with van der Waals surface area (Å²) in [6.07, 6.45) is 11.9. The van der Waals surface area contributed by atoms with Gasteiger partial charge in [-0.3, -0.25) is 4.79 Å². The molecule has 1 unspecified atom stereocenters. The number of aromatic nitrogens is 3. The van der Waals surface area contributed by atoms with E-state index in [4.69, 9.17) is 9.47 Å². The van der Waals surface area contributed by atoms with Gasteiger partial charge in [-0.15, -0.1) is 0 Å². The molecule has 1 N–H and O–H groups in total. The van der Waals surface area contributed by atoms with Crippen molar-refractivity contribution in [2.24, 2.45) is 0 Å². The van der Waals surface area contributed by atoms with Crippen LogP contribution in [0.2, 0.25) is 0 Å². The van der Waals surface area contributed by atoms with Gasteiger partial charge >= 0.3 is 0 Å². The SMILES string of the molecule is CCCCOCCOc1ccc(-c2ccc3c(c2)C=C(C(=O)Nc2ccc([S+]([O-])Cc4cncn4CCC)nc2)CCN3CCC)cc1. The maximum Gasteiger partial charge on any atom is 0.251 e. The second-order valence-electron chi connectivity index (χ2n) is 11.9. The predicted molar refractivity (Wildman–Crippen MR) is 194 cm³/mol. The number of pyridine rings is 1. The minimum absolute atomic E-state index is 0.163. The third-order valence-electron chi connectivity index (χ3n) is 8.23. The summed E-state index contributed by atoms with van der Waals surface area (Å²) in [6, 6.07) is 18.1. The fourth-order valence-corrected chi connectivity index (χ4v) is 6.73. The Kier molecular flexibility index (Phi) is 13.1. The van der Waals surface area contributed by atoms with Crippen molar-refractivity contribution < 1.29 is 18.8 Å². The summed E-state index contributed by atoms with van der Waals surface area (Å²) in [4.78, 5) is 24.5. The lowest BCUT2D eigenvalue weighted by Gasteiger charge is -2.25. The Morgan fingerprint density at radius 1 is 0.938 bits per heavy atom. The van der Waals surface area contributed by atoms with Crippen LogP contribution in [0.25, 0.3) is 17.2 Å². The van der Waals surface area contributed by atoms with Crippen LogP contribution in [-0.4, -0.2) is 57.9 Å². The molecule has 3 heterocycles. The quantitative estimate of drug-likeness (QED) is 0.0917. The molecule has 0 spiro atoms. The van der Waals surface area contributed by atoms with Gasteiger partial charge in [-0.05, 0) is 78.8 Å². The van der Waals surface area contributed by atoms with Gasteiger partial charge in [-0.1, -0.05) is 45.4 Å². The Morgan fingerprint density at radius 3 is 2.50 bits per heavy atom. The first-order valence-corrected chi connectivity index (χ1v) is 18.4. The molecule has 1 amide bonds.